The third kappa shape index (κ3) is 5.38. The summed E-state index contributed by atoms with van der Waals surface area (Å²) >= 11 is 11.2. The molecule has 4 nitrogen and oxygen atoms in total. The third-order valence-electron chi connectivity index (χ3n) is 3.72. The first kappa shape index (κ1) is 21.1. The highest BCUT2D eigenvalue weighted by molar-refractivity contribution is 7.90. The van der Waals surface area contributed by atoms with E-state index in [1.54, 1.807) is 30.3 Å². The van der Waals surface area contributed by atoms with Crippen molar-refractivity contribution in [1.29, 1.82) is 0 Å². The highest BCUT2D eigenvalue weighted by Gasteiger charge is 2.31. The molecule has 1 unspecified atom stereocenters. The van der Waals surface area contributed by atoms with E-state index in [-0.39, 0.29) is 6.42 Å². The summed E-state index contributed by atoms with van der Waals surface area (Å²) in [6, 6.07) is 11.9. The minimum absolute atomic E-state index is 0.193. The molecule has 2 aromatic carbocycles. The number of halogens is 2. The van der Waals surface area contributed by atoms with Gasteiger partial charge in [-0.1, -0.05) is 47.5 Å². The van der Waals surface area contributed by atoms with Gasteiger partial charge in [-0.25, -0.2) is 0 Å². The van der Waals surface area contributed by atoms with Crippen molar-refractivity contribution in [3.05, 3.63) is 58.1 Å². The summed E-state index contributed by atoms with van der Waals surface area (Å²) in [4.78, 5) is 11.3. The summed E-state index contributed by atoms with van der Waals surface area (Å²) in [6.45, 7) is 5.48. The smallest absolute Gasteiger partial charge is 0.305 e. The van der Waals surface area contributed by atoms with E-state index in [2.05, 4.69) is 4.72 Å². The Morgan fingerprint density at radius 3 is 2.31 bits per heavy atom. The Labute approximate surface area is 166 Å². The molecule has 26 heavy (non-hydrogen) atoms. The zero-order valence-corrected chi connectivity index (χ0v) is 17.1. The molecule has 7 heteroatoms. The number of benzene rings is 2. The van der Waals surface area contributed by atoms with Crippen molar-refractivity contribution in [3.63, 3.8) is 0 Å². The Kier molecular flexibility index (Phi) is 6.99. The van der Waals surface area contributed by atoms with Crippen molar-refractivity contribution in [1.82, 2.24) is 4.72 Å². The van der Waals surface area contributed by atoms with Crippen molar-refractivity contribution in [2.75, 3.05) is 0 Å². The number of carboxylic acids is 1. The van der Waals surface area contributed by atoms with Crippen LogP contribution in [0.4, 0.5) is 0 Å². The largest absolute Gasteiger partial charge is 0.598 e. The minimum atomic E-state index is -1.41. The second-order valence-corrected chi connectivity index (χ2v) is 9.68. The first-order valence-electron chi connectivity index (χ1n) is 8.04. The van der Waals surface area contributed by atoms with Gasteiger partial charge in [0.05, 0.1) is 12.5 Å². The van der Waals surface area contributed by atoms with Gasteiger partial charge in [-0.3, -0.25) is 4.79 Å². The predicted molar refractivity (Wildman–Crippen MR) is 108 cm³/mol. The van der Waals surface area contributed by atoms with Crippen molar-refractivity contribution in [2.45, 2.75) is 38.0 Å². The topological polar surface area (TPSA) is 72.4 Å². The Morgan fingerprint density at radius 1 is 1.19 bits per heavy atom. The first-order chi connectivity index (χ1) is 12.1. The molecule has 0 fully saturated rings. The third-order valence-corrected chi connectivity index (χ3v) is 5.97. The highest BCUT2D eigenvalue weighted by atomic mass is 35.5. The lowest BCUT2D eigenvalue weighted by Gasteiger charge is -2.27. The first-order valence-corrected chi connectivity index (χ1v) is 9.94. The number of hydrogen-bond acceptors (Lipinski definition) is 3. The molecule has 0 aliphatic carbocycles. The zero-order chi connectivity index (χ0) is 19.5. The molecule has 0 amide bonds. The molecule has 0 radical (unpaired) electrons. The Balaban J connectivity index is 2.42. The maximum absolute atomic E-state index is 12.5. The number of carboxylic acid groups (broad SMARTS) is 1. The molecule has 2 rings (SSSR count). The van der Waals surface area contributed by atoms with Crippen LogP contribution in [0.1, 0.15) is 38.8 Å². The standard InChI is InChI=1S/C19H21Cl2NO3S/c1-19(2,3)26(25)22-16(11-17(23)24)12-6-4-7-13(10-12)18-14(20)8-5-9-15(18)21/h4-10,16,22H,11H2,1-3H3,(H,23,24)/t16?,26-/m1/s1. The maximum atomic E-state index is 12.5. The lowest BCUT2D eigenvalue weighted by molar-refractivity contribution is -0.137. The van der Waals surface area contributed by atoms with Crippen LogP contribution in [0, 0.1) is 0 Å². The van der Waals surface area contributed by atoms with Crippen LogP contribution >= 0.6 is 23.2 Å². The van der Waals surface area contributed by atoms with E-state index < -0.39 is 28.1 Å². The van der Waals surface area contributed by atoms with E-state index in [0.717, 1.165) is 5.56 Å². The van der Waals surface area contributed by atoms with E-state index in [1.165, 1.54) is 0 Å². The predicted octanol–water partition coefficient (Wildman–Crippen LogP) is 5.23. The molecule has 0 spiro atoms. The monoisotopic (exact) mass is 413 g/mol. The number of nitrogens with one attached hydrogen (secondary N) is 1. The lowest BCUT2D eigenvalue weighted by atomic mass is 9.98. The van der Waals surface area contributed by atoms with Crippen molar-refractivity contribution >= 4 is 40.5 Å². The van der Waals surface area contributed by atoms with Crippen LogP contribution in [-0.2, 0) is 16.2 Å². The van der Waals surface area contributed by atoms with Gasteiger partial charge in [0.1, 0.15) is 4.75 Å². The normalized spacial score (nSPS) is 14.1. The maximum Gasteiger partial charge on any atom is 0.305 e. The van der Waals surface area contributed by atoms with Gasteiger partial charge in [0.2, 0.25) is 0 Å². The van der Waals surface area contributed by atoms with Crippen molar-refractivity contribution in [2.24, 2.45) is 0 Å². The molecular weight excluding hydrogens is 393 g/mol. The number of carbonyl (C=O) groups is 1. The second-order valence-electron chi connectivity index (χ2n) is 6.87. The quantitative estimate of drug-likeness (QED) is 0.635. The van der Waals surface area contributed by atoms with Crippen LogP contribution in [0.2, 0.25) is 10.0 Å². The van der Waals surface area contributed by atoms with Crippen molar-refractivity contribution in [3.8, 4) is 11.1 Å². The minimum Gasteiger partial charge on any atom is -0.598 e. The molecule has 2 N–H and O–H groups in total. The van der Waals surface area contributed by atoms with E-state index in [1.807, 2.05) is 32.9 Å². The van der Waals surface area contributed by atoms with Gasteiger partial charge < -0.3 is 9.66 Å². The average molecular weight is 414 g/mol. The van der Waals surface area contributed by atoms with Crippen LogP contribution in [-0.4, -0.2) is 20.4 Å². The van der Waals surface area contributed by atoms with E-state index in [9.17, 15) is 14.5 Å². The molecule has 0 bridgehead atoms. The molecule has 0 saturated carbocycles. The van der Waals surface area contributed by atoms with Gasteiger partial charge >= 0.3 is 5.97 Å². The zero-order valence-electron chi connectivity index (χ0n) is 14.8. The van der Waals surface area contributed by atoms with Gasteiger partial charge in [-0.15, -0.1) is 4.72 Å². The lowest BCUT2D eigenvalue weighted by Crippen LogP contribution is -2.41. The molecule has 2 atom stereocenters. The average Bonchev–Trinajstić information content (AvgIpc) is 2.53. The van der Waals surface area contributed by atoms with E-state index in [4.69, 9.17) is 23.2 Å². The van der Waals surface area contributed by atoms with Crippen molar-refractivity contribution < 1.29 is 14.5 Å². The Bertz CT molecular complexity index is 772. The van der Waals surface area contributed by atoms with Gasteiger partial charge in [0, 0.05) is 27.0 Å². The molecule has 140 valence electrons. The number of rotatable bonds is 6. The molecule has 2 aromatic rings. The molecule has 0 aliphatic rings. The Hall–Kier alpha value is -1.24. The summed E-state index contributed by atoms with van der Waals surface area (Å²) in [7, 11) is 0. The SMILES string of the molecule is CC(C)(C)[S@@+]([O-])NC(CC(=O)O)c1cccc(-c2c(Cl)cccc2Cl)c1. The summed E-state index contributed by atoms with van der Waals surface area (Å²) in [5.41, 5.74) is 2.17. The summed E-state index contributed by atoms with van der Waals surface area (Å²) in [5, 5.41) is 10.3. The summed E-state index contributed by atoms with van der Waals surface area (Å²) in [6.07, 6.45) is -0.193. The molecule has 0 aliphatic heterocycles. The fraction of sp³-hybridized carbons (Fsp3) is 0.316. The Morgan fingerprint density at radius 2 is 1.77 bits per heavy atom. The van der Waals surface area contributed by atoms with E-state index >= 15 is 0 Å². The second kappa shape index (κ2) is 8.63. The molecule has 0 saturated heterocycles. The van der Waals surface area contributed by atoms with Crippen LogP contribution in [0.25, 0.3) is 11.1 Å². The highest BCUT2D eigenvalue weighted by Crippen LogP contribution is 2.36. The fourth-order valence-electron chi connectivity index (χ4n) is 2.39. The number of aliphatic carboxylic acids is 1. The van der Waals surface area contributed by atoms with Crippen LogP contribution < -0.4 is 4.72 Å². The van der Waals surface area contributed by atoms with E-state index in [0.29, 0.717) is 21.2 Å². The van der Waals surface area contributed by atoms with Gasteiger partial charge in [0.15, 0.2) is 0 Å². The summed E-state index contributed by atoms with van der Waals surface area (Å²) in [5.74, 6) is -0.977. The molecule has 0 heterocycles. The molecular formula is C19H21Cl2NO3S. The fourth-order valence-corrected chi connectivity index (χ4v) is 3.84. The summed E-state index contributed by atoms with van der Waals surface area (Å²) < 4.78 is 14.9. The van der Waals surface area contributed by atoms with Crippen LogP contribution in [0.15, 0.2) is 42.5 Å². The van der Waals surface area contributed by atoms with Gasteiger partial charge in [-0.2, -0.15) is 0 Å². The van der Waals surface area contributed by atoms with Crippen LogP contribution in [0.5, 0.6) is 0 Å². The molecule has 0 aromatic heterocycles. The number of hydrogen-bond donors (Lipinski definition) is 2. The van der Waals surface area contributed by atoms with Crippen LogP contribution in [0.3, 0.4) is 0 Å². The van der Waals surface area contributed by atoms with Gasteiger partial charge in [-0.05, 0) is 50.1 Å². The van der Waals surface area contributed by atoms with Gasteiger partial charge in [0.25, 0.3) is 0 Å².